The van der Waals surface area contributed by atoms with Gasteiger partial charge in [-0.3, -0.25) is 4.90 Å². The highest BCUT2D eigenvalue weighted by molar-refractivity contribution is 5.05. The molecule has 3 aliphatic rings. The van der Waals surface area contributed by atoms with E-state index in [1.165, 1.54) is 12.8 Å². The van der Waals surface area contributed by atoms with Crippen LogP contribution in [0, 0.1) is 12.8 Å². The van der Waals surface area contributed by atoms with E-state index in [1.54, 1.807) is 0 Å². The Morgan fingerprint density at radius 3 is 2.88 bits per heavy atom. The first kappa shape index (κ1) is 14.6. The molecule has 0 N–H and O–H groups in total. The summed E-state index contributed by atoms with van der Waals surface area (Å²) >= 11 is 0. The van der Waals surface area contributed by atoms with E-state index in [0.717, 1.165) is 49.8 Å². The van der Waals surface area contributed by atoms with Gasteiger partial charge in [0.05, 0.1) is 11.8 Å². The topological polar surface area (TPSA) is 77.4 Å². The van der Waals surface area contributed by atoms with Crippen molar-refractivity contribution < 1.29 is 13.7 Å². The van der Waals surface area contributed by atoms with E-state index in [0.29, 0.717) is 17.7 Å². The average Bonchev–Trinajstić information content (AvgIpc) is 2.98. The minimum Gasteiger partial charge on any atom is -0.422 e. The summed E-state index contributed by atoms with van der Waals surface area (Å²) in [7, 11) is 0. The molecule has 2 aromatic heterocycles. The zero-order valence-electron chi connectivity index (χ0n) is 13.9. The Morgan fingerprint density at radius 2 is 2.08 bits per heavy atom. The molecule has 5 rings (SSSR count). The summed E-state index contributed by atoms with van der Waals surface area (Å²) in [5.41, 5.74) is 0.992. The van der Waals surface area contributed by atoms with Crippen LogP contribution in [0.2, 0.25) is 0 Å². The van der Waals surface area contributed by atoms with Crippen molar-refractivity contribution in [2.45, 2.75) is 57.3 Å². The zero-order chi connectivity index (χ0) is 16.1. The van der Waals surface area contributed by atoms with Crippen molar-refractivity contribution >= 4 is 0 Å². The van der Waals surface area contributed by atoms with Crippen LogP contribution < -0.4 is 0 Å². The van der Waals surface area contributed by atoms with E-state index in [-0.39, 0.29) is 12.2 Å². The van der Waals surface area contributed by atoms with Gasteiger partial charge in [-0.05, 0) is 45.1 Å². The number of aryl methyl sites for hydroxylation is 1. The molecular formula is C17H22N4O3. The smallest absolute Gasteiger partial charge is 0.245 e. The first-order chi connectivity index (χ1) is 11.7. The maximum Gasteiger partial charge on any atom is 0.245 e. The van der Waals surface area contributed by atoms with Gasteiger partial charge in [-0.15, -0.1) is 10.2 Å². The molecule has 7 nitrogen and oxygen atoms in total. The number of hydrogen-bond donors (Lipinski definition) is 0. The van der Waals surface area contributed by atoms with Crippen molar-refractivity contribution in [1.82, 2.24) is 20.3 Å². The second-order valence-corrected chi connectivity index (χ2v) is 7.36. The van der Waals surface area contributed by atoms with E-state index < -0.39 is 0 Å². The Kier molecular flexibility index (Phi) is 3.45. The highest BCUT2D eigenvalue weighted by atomic mass is 16.5. The van der Waals surface area contributed by atoms with E-state index in [1.807, 2.05) is 13.0 Å². The predicted molar refractivity (Wildman–Crippen MR) is 83.1 cm³/mol. The normalized spacial score (nSPS) is 30.6. The molecule has 7 heteroatoms. The number of piperidine rings is 1. The summed E-state index contributed by atoms with van der Waals surface area (Å²) < 4.78 is 17.3. The van der Waals surface area contributed by atoms with Crippen LogP contribution in [0.3, 0.4) is 0 Å². The third-order valence-corrected chi connectivity index (χ3v) is 5.36. The second kappa shape index (κ2) is 5.67. The van der Waals surface area contributed by atoms with E-state index in [2.05, 4.69) is 20.3 Å². The van der Waals surface area contributed by atoms with Crippen molar-refractivity contribution in [2.24, 2.45) is 5.92 Å². The van der Waals surface area contributed by atoms with Gasteiger partial charge in [0.25, 0.3) is 0 Å². The summed E-state index contributed by atoms with van der Waals surface area (Å²) in [6.45, 7) is 4.74. The van der Waals surface area contributed by atoms with Crippen LogP contribution in [0.4, 0.5) is 0 Å². The molecule has 1 saturated carbocycles. The van der Waals surface area contributed by atoms with Crippen molar-refractivity contribution in [3.8, 4) is 0 Å². The lowest BCUT2D eigenvalue weighted by atomic mass is 9.91. The van der Waals surface area contributed by atoms with Gasteiger partial charge in [0.15, 0.2) is 0 Å². The summed E-state index contributed by atoms with van der Waals surface area (Å²) in [4.78, 5) is 2.39. The lowest BCUT2D eigenvalue weighted by molar-refractivity contribution is -0.0181. The molecule has 0 radical (unpaired) electrons. The van der Waals surface area contributed by atoms with Crippen LogP contribution in [0.1, 0.15) is 60.9 Å². The summed E-state index contributed by atoms with van der Waals surface area (Å²) in [5.74, 6) is 3.41. The van der Waals surface area contributed by atoms with Crippen LogP contribution in [0.15, 0.2) is 15.0 Å². The second-order valence-electron chi connectivity index (χ2n) is 7.36. The fourth-order valence-corrected chi connectivity index (χ4v) is 3.89. The SMILES string of the molecule is Cc1cc(CN2CC[C@H]3C[C@H](c4nnc(C5CC5)o4)O[C@@H]3C2)no1. The number of nitrogens with zero attached hydrogens (tertiary/aromatic N) is 4. The lowest BCUT2D eigenvalue weighted by Gasteiger charge is -2.33. The molecule has 2 saturated heterocycles. The molecule has 1 aliphatic carbocycles. The fourth-order valence-electron chi connectivity index (χ4n) is 3.89. The number of aromatic nitrogens is 3. The van der Waals surface area contributed by atoms with Crippen molar-refractivity contribution in [3.05, 3.63) is 29.3 Å². The van der Waals surface area contributed by atoms with Crippen LogP contribution >= 0.6 is 0 Å². The molecule has 2 aromatic rings. The number of rotatable bonds is 4. The molecule has 0 aromatic carbocycles. The Labute approximate surface area is 140 Å². The first-order valence-electron chi connectivity index (χ1n) is 8.88. The quantitative estimate of drug-likeness (QED) is 0.852. The van der Waals surface area contributed by atoms with Crippen molar-refractivity contribution in [3.63, 3.8) is 0 Å². The summed E-state index contributed by atoms with van der Waals surface area (Å²) in [6, 6.07) is 2.00. The first-order valence-corrected chi connectivity index (χ1v) is 8.88. The minimum atomic E-state index is -0.0331. The highest BCUT2D eigenvalue weighted by Crippen LogP contribution is 2.43. The Balaban J connectivity index is 1.22. The van der Waals surface area contributed by atoms with E-state index in [4.69, 9.17) is 13.7 Å². The average molecular weight is 330 g/mol. The van der Waals surface area contributed by atoms with Gasteiger partial charge in [0, 0.05) is 25.1 Å². The largest absolute Gasteiger partial charge is 0.422 e. The van der Waals surface area contributed by atoms with Gasteiger partial charge in [0.1, 0.15) is 11.9 Å². The fraction of sp³-hybridized carbons (Fsp3) is 0.706. The highest BCUT2D eigenvalue weighted by Gasteiger charge is 2.42. The molecule has 3 atom stereocenters. The van der Waals surface area contributed by atoms with Crippen LogP contribution in [0.25, 0.3) is 0 Å². The standard InChI is InChI=1S/C17H22N4O3/c1-10-6-13(20-24-10)8-21-5-4-12-7-14(22-15(12)9-21)17-19-18-16(23-17)11-2-3-11/h6,11-12,14-15H,2-5,7-9H2,1H3/t12-,14+,15+/m0/s1. The maximum absolute atomic E-state index is 6.26. The van der Waals surface area contributed by atoms with Crippen LogP contribution in [-0.2, 0) is 11.3 Å². The molecule has 0 spiro atoms. The van der Waals surface area contributed by atoms with Crippen LogP contribution in [0.5, 0.6) is 0 Å². The maximum atomic E-state index is 6.26. The molecule has 24 heavy (non-hydrogen) atoms. The molecule has 2 aliphatic heterocycles. The number of ether oxygens (including phenoxy) is 1. The van der Waals surface area contributed by atoms with Gasteiger partial charge in [0.2, 0.25) is 11.8 Å². The molecule has 128 valence electrons. The van der Waals surface area contributed by atoms with Gasteiger partial charge in [-0.1, -0.05) is 5.16 Å². The van der Waals surface area contributed by atoms with Gasteiger partial charge < -0.3 is 13.7 Å². The van der Waals surface area contributed by atoms with Crippen molar-refractivity contribution in [1.29, 1.82) is 0 Å². The van der Waals surface area contributed by atoms with E-state index >= 15 is 0 Å². The Bertz CT molecular complexity index is 723. The predicted octanol–water partition coefficient (Wildman–Crippen LogP) is 2.60. The Hall–Kier alpha value is -1.73. The zero-order valence-corrected chi connectivity index (χ0v) is 13.9. The molecule has 0 amide bonds. The van der Waals surface area contributed by atoms with Gasteiger partial charge >= 0.3 is 0 Å². The van der Waals surface area contributed by atoms with E-state index in [9.17, 15) is 0 Å². The third kappa shape index (κ3) is 2.75. The lowest BCUT2D eigenvalue weighted by Crippen LogP contribution is -2.41. The number of likely N-dealkylation sites (tertiary alicyclic amines) is 1. The molecule has 0 unspecified atom stereocenters. The minimum absolute atomic E-state index is 0.0331. The molecule has 4 heterocycles. The number of hydrogen-bond acceptors (Lipinski definition) is 7. The number of fused-ring (bicyclic) bond motifs is 1. The summed E-state index contributed by atoms with van der Waals surface area (Å²) in [6.07, 6.45) is 4.70. The summed E-state index contributed by atoms with van der Waals surface area (Å²) in [5, 5.41) is 12.5. The third-order valence-electron chi connectivity index (χ3n) is 5.36. The monoisotopic (exact) mass is 330 g/mol. The van der Waals surface area contributed by atoms with Crippen molar-refractivity contribution in [2.75, 3.05) is 13.1 Å². The Morgan fingerprint density at radius 1 is 1.21 bits per heavy atom. The van der Waals surface area contributed by atoms with Crippen LogP contribution in [-0.4, -0.2) is 39.4 Å². The van der Waals surface area contributed by atoms with Gasteiger partial charge in [-0.2, -0.15) is 0 Å². The van der Waals surface area contributed by atoms with Gasteiger partial charge in [-0.25, -0.2) is 0 Å². The molecular weight excluding hydrogens is 308 g/mol. The molecule has 3 fully saturated rings. The molecule has 0 bridgehead atoms.